The summed E-state index contributed by atoms with van der Waals surface area (Å²) in [5.74, 6) is 0.846. The van der Waals surface area contributed by atoms with Crippen LogP contribution in [0.3, 0.4) is 0 Å². The highest BCUT2D eigenvalue weighted by Gasteiger charge is 2.06. The monoisotopic (exact) mass is 323 g/mol. The summed E-state index contributed by atoms with van der Waals surface area (Å²) in [7, 11) is 0. The second-order valence-electron chi connectivity index (χ2n) is 5.67. The van der Waals surface area contributed by atoms with Gasteiger partial charge in [0.2, 0.25) is 5.91 Å². The van der Waals surface area contributed by atoms with Gasteiger partial charge in [0.15, 0.2) is 0 Å². The largest absolute Gasteiger partial charge is 0.494 e. The minimum absolute atomic E-state index is 0.0143. The highest BCUT2D eigenvalue weighted by molar-refractivity contribution is 5.75. The van der Waals surface area contributed by atoms with Crippen molar-refractivity contribution in [1.29, 1.82) is 0 Å². The van der Waals surface area contributed by atoms with E-state index in [0.29, 0.717) is 26.0 Å². The number of fused-ring (bicyclic) bond motifs is 1. The Morgan fingerprint density at radius 2 is 2.00 bits per heavy atom. The van der Waals surface area contributed by atoms with E-state index < -0.39 is 0 Å². The third-order valence-electron chi connectivity index (χ3n) is 3.77. The zero-order valence-corrected chi connectivity index (χ0v) is 13.7. The Morgan fingerprint density at radius 3 is 2.79 bits per heavy atom. The van der Waals surface area contributed by atoms with Crippen molar-refractivity contribution >= 4 is 11.6 Å². The number of aromatic nitrogens is 2. The predicted octanol–water partition coefficient (Wildman–Crippen LogP) is 3.12. The zero-order valence-electron chi connectivity index (χ0n) is 13.7. The number of amides is 1. The van der Waals surface area contributed by atoms with Crippen molar-refractivity contribution in [3.8, 4) is 5.75 Å². The Balaban J connectivity index is 1.41. The molecule has 0 aliphatic rings. The summed E-state index contributed by atoms with van der Waals surface area (Å²) in [4.78, 5) is 16.4. The Kier molecular flexibility index (Phi) is 5.11. The molecule has 0 fully saturated rings. The van der Waals surface area contributed by atoms with E-state index in [4.69, 9.17) is 4.74 Å². The molecule has 3 rings (SSSR count). The summed E-state index contributed by atoms with van der Waals surface area (Å²) in [5, 5.41) is 2.91. The molecule has 5 nitrogen and oxygen atoms in total. The Hall–Kier alpha value is -2.82. The van der Waals surface area contributed by atoms with Crippen molar-refractivity contribution in [3.63, 3.8) is 0 Å². The van der Waals surface area contributed by atoms with Gasteiger partial charge in [0.1, 0.15) is 11.4 Å². The topological polar surface area (TPSA) is 55.6 Å². The molecule has 1 amide bonds. The van der Waals surface area contributed by atoms with Crippen molar-refractivity contribution in [2.75, 3.05) is 6.61 Å². The third kappa shape index (κ3) is 4.13. The zero-order chi connectivity index (χ0) is 16.8. The van der Waals surface area contributed by atoms with E-state index >= 15 is 0 Å². The number of nitrogens with one attached hydrogen (secondary N) is 1. The molecule has 0 bridgehead atoms. The SMILES string of the molecule is Cc1cccc2nc(CNC(=O)CCCOc3ccccc3)cn12. The van der Waals surface area contributed by atoms with Crippen LogP contribution in [0.4, 0.5) is 0 Å². The lowest BCUT2D eigenvalue weighted by Gasteiger charge is -2.06. The summed E-state index contributed by atoms with van der Waals surface area (Å²) >= 11 is 0. The van der Waals surface area contributed by atoms with Crippen LogP contribution in [0.25, 0.3) is 5.65 Å². The Labute approximate surface area is 141 Å². The third-order valence-corrected chi connectivity index (χ3v) is 3.77. The molecular weight excluding hydrogens is 302 g/mol. The first kappa shape index (κ1) is 16.1. The summed E-state index contributed by atoms with van der Waals surface area (Å²) < 4.78 is 7.60. The highest BCUT2D eigenvalue weighted by atomic mass is 16.5. The second kappa shape index (κ2) is 7.64. The average molecular weight is 323 g/mol. The molecule has 24 heavy (non-hydrogen) atoms. The van der Waals surface area contributed by atoms with Crippen LogP contribution in [0.2, 0.25) is 0 Å². The van der Waals surface area contributed by atoms with Crippen LogP contribution in [0.1, 0.15) is 24.2 Å². The van der Waals surface area contributed by atoms with Gasteiger partial charge in [-0.15, -0.1) is 0 Å². The lowest BCUT2D eigenvalue weighted by molar-refractivity contribution is -0.121. The van der Waals surface area contributed by atoms with Gasteiger partial charge in [-0.1, -0.05) is 24.3 Å². The van der Waals surface area contributed by atoms with Crippen molar-refractivity contribution in [2.45, 2.75) is 26.3 Å². The maximum absolute atomic E-state index is 11.9. The number of benzene rings is 1. The van der Waals surface area contributed by atoms with Crippen molar-refractivity contribution in [1.82, 2.24) is 14.7 Å². The smallest absolute Gasteiger partial charge is 0.220 e. The molecule has 2 heterocycles. The number of pyridine rings is 1. The van der Waals surface area contributed by atoms with Gasteiger partial charge >= 0.3 is 0 Å². The van der Waals surface area contributed by atoms with E-state index in [1.807, 2.05) is 66.1 Å². The fourth-order valence-corrected chi connectivity index (χ4v) is 2.50. The van der Waals surface area contributed by atoms with Gasteiger partial charge in [0, 0.05) is 18.3 Å². The molecule has 0 spiro atoms. The van der Waals surface area contributed by atoms with Crippen molar-refractivity contribution in [2.24, 2.45) is 0 Å². The first-order chi connectivity index (χ1) is 11.7. The van der Waals surface area contributed by atoms with Crippen molar-refractivity contribution < 1.29 is 9.53 Å². The van der Waals surface area contributed by atoms with Crippen LogP contribution < -0.4 is 10.1 Å². The molecule has 0 radical (unpaired) electrons. The lowest BCUT2D eigenvalue weighted by Crippen LogP contribution is -2.23. The number of hydrogen-bond donors (Lipinski definition) is 1. The molecule has 1 N–H and O–H groups in total. The van der Waals surface area contributed by atoms with Gasteiger partial charge in [0.25, 0.3) is 0 Å². The molecule has 0 aliphatic heterocycles. The number of carbonyl (C=O) groups is 1. The number of carbonyl (C=O) groups excluding carboxylic acids is 1. The van der Waals surface area contributed by atoms with Crippen LogP contribution in [0.15, 0.2) is 54.7 Å². The van der Waals surface area contributed by atoms with Gasteiger partial charge in [-0.3, -0.25) is 4.79 Å². The fourth-order valence-electron chi connectivity index (χ4n) is 2.50. The normalized spacial score (nSPS) is 10.7. The van der Waals surface area contributed by atoms with E-state index in [1.165, 1.54) is 0 Å². The van der Waals surface area contributed by atoms with Crippen LogP contribution >= 0.6 is 0 Å². The number of nitrogens with zero attached hydrogens (tertiary/aromatic N) is 2. The summed E-state index contributed by atoms with van der Waals surface area (Å²) in [5.41, 5.74) is 2.88. The second-order valence-corrected chi connectivity index (χ2v) is 5.67. The molecule has 0 saturated carbocycles. The standard InChI is InChI=1S/C19H21N3O2/c1-15-7-5-10-18-21-16(14-22(15)18)13-20-19(23)11-6-12-24-17-8-3-2-4-9-17/h2-5,7-10,14H,6,11-13H2,1H3,(H,20,23). The quantitative estimate of drug-likeness (QED) is 0.680. The molecule has 0 saturated heterocycles. The number of para-hydroxylation sites is 1. The first-order valence-electron chi connectivity index (χ1n) is 8.10. The number of hydrogen-bond acceptors (Lipinski definition) is 3. The van der Waals surface area contributed by atoms with Gasteiger partial charge in [0.05, 0.1) is 18.8 Å². The minimum Gasteiger partial charge on any atom is -0.494 e. The van der Waals surface area contributed by atoms with E-state index in [9.17, 15) is 4.79 Å². The molecule has 5 heteroatoms. The maximum atomic E-state index is 11.9. The Morgan fingerprint density at radius 1 is 1.17 bits per heavy atom. The van der Waals surface area contributed by atoms with Crippen LogP contribution in [-0.2, 0) is 11.3 Å². The van der Waals surface area contributed by atoms with Gasteiger partial charge < -0.3 is 14.5 Å². The van der Waals surface area contributed by atoms with Crippen LogP contribution in [-0.4, -0.2) is 21.9 Å². The molecule has 0 aliphatic carbocycles. The fraction of sp³-hybridized carbons (Fsp3) is 0.263. The van der Waals surface area contributed by atoms with Gasteiger partial charge in [-0.25, -0.2) is 4.98 Å². The predicted molar refractivity (Wildman–Crippen MR) is 92.9 cm³/mol. The van der Waals surface area contributed by atoms with Gasteiger partial charge in [-0.05, 0) is 37.6 Å². The summed E-state index contributed by atoms with van der Waals surface area (Å²) in [6, 6.07) is 15.6. The average Bonchev–Trinajstić information content (AvgIpc) is 3.02. The first-order valence-corrected chi connectivity index (χ1v) is 8.10. The number of aryl methyl sites for hydroxylation is 1. The van der Waals surface area contributed by atoms with Crippen LogP contribution in [0.5, 0.6) is 5.75 Å². The number of ether oxygens (including phenoxy) is 1. The minimum atomic E-state index is 0.0143. The number of imidazole rings is 1. The molecule has 1 aromatic carbocycles. The summed E-state index contributed by atoms with van der Waals surface area (Å²) in [6.07, 6.45) is 3.09. The molecule has 0 unspecified atom stereocenters. The number of rotatable bonds is 7. The van der Waals surface area contributed by atoms with Gasteiger partial charge in [-0.2, -0.15) is 0 Å². The highest BCUT2D eigenvalue weighted by Crippen LogP contribution is 2.09. The van der Waals surface area contributed by atoms with Crippen LogP contribution in [0, 0.1) is 6.92 Å². The molecule has 2 aromatic heterocycles. The summed E-state index contributed by atoms with van der Waals surface area (Å²) in [6.45, 7) is 3.01. The van der Waals surface area contributed by atoms with E-state index in [2.05, 4.69) is 10.3 Å². The van der Waals surface area contributed by atoms with E-state index in [1.54, 1.807) is 0 Å². The lowest BCUT2D eigenvalue weighted by atomic mass is 10.3. The van der Waals surface area contributed by atoms with E-state index in [0.717, 1.165) is 22.8 Å². The van der Waals surface area contributed by atoms with Crippen molar-refractivity contribution in [3.05, 3.63) is 66.1 Å². The molecular formula is C19H21N3O2. The maximum Gasteiger partial charge on any atom is 0.220 e. The van der Waals surface area contributed by atoms with E-state index in [-0.39, 0.29) is 5.91 Å². The molecule has 124 valence electrons. The molecule has 3 aromatic rings. The Bertz CT molecular complexity index is 812. The molecule has 0 atom stereocenters.